The van der Waals surface area contributed by atoms with Gasteiger partial charge in [0.1, 0.15) is 24.0 Å². The number of nitrogens with zero attached hydrogens (tertiary/aromatic N) is 3. The lowest BCUT2D eigenvalue weighted by Gasteiger charge is -2.34. The van der Waals surface area contributed by atoms with Crippen molar-refractivity contribution in [3.05, 3.63) is 75.4 Å². The number of halogens is 2. The van der Waals surface area contributed by atoms with Gasteiger partial charge in [-0.25, -0.2) is 13.5 Å². The van der Waals surface area contributed by atoms with Gasteiger partial charge in [-0.05, 0) is 35.6 Å². The van der Waals surface area contributed by atoms with Crippen molar-refractivity contribution >= 4 is 23.1 Å². The van der Waals surface area contributed by atoms with Gasteiger partial charge in [-0.1, -0.05) is 6.07 Å². The number of anilines is 1. The first-order valence-electron chi connectivity index (χ1n) is 8.52. The molecule has 0 saturated heterocycles. The van der Waals surface area contributed by atoms with Gasteiger partial charge in [-0.15, -0.1) is 11.3 Å². The van der Waals surface area contributed by atoms with Crippen molar-refractivity contribution in [1.82, 2.24) is 14.8 Å². The Morgan fingerprint density at radius 3 is 2.74 bits per heavy atom. The first-order chi connectivity index (χ1) is 13.1. The lowest BCUT2D eigenvalue weighted by Crippen LogP contribution is -2.33. The van der Waals surface area contributed by atoms with Crippen LogP contribution in [0.4, 0.5) is 14.7 Å². The molecule has 1 N–H and O–H groups in total. The Bertz CT molecular complexity index is 1050. The second kappa shape index (κ2) is 6.09. The van der Waals surface area contributed by atoms with E-state index in [0.29, 0.717) is 29.9 Å². The summed E-state index contributed by atoms with van der Waals surface area (Å²) in [6.45, 7) is 0. The standard InChI is InChI=1S/C19H14F2N4OS/c20-12-4-11(5-13(21)8-12)18-17-14(24-19-22-9-23-25(18)19)6-10(7-15(17)26)16-2-1-3-27-16/h1-5,8-10,18H,6-7H2,(H,22,23,24)/t10-,18-/m0/s1. The second-order valence-electron chi connectivity index (χ2n) is 6.69. The van der Waals surface area contributed by atoms with Gasteiger partial charge in [0, 0.05) is 34.6 Å². The van der Waals surface area contributed by atoms with E-state index in [-0.39, 0.29) is 11.7 Å². The number of ketones is 1. The molecule has 27 heavy (non-hydrogen) atoms. The minimum Gasteiger partial charge on any atom is -0.328 e. The number of benzene rings is 1. The fourth-order valence-corrected chi connectivity index (χ4v) is 4.75. The average molecular weight is 384 g/mol. The largest absolute Gasteiger partial charge is 0.328 e. The molecule has 0 amide bonds. The van der Waals surface area contributed by atoms with Crippen LogP contribution in [-0.2, 0) is 4.79 Å². The van der Waals surface area contributed by atoms with Crippen LogP contribution in [0.3, 0.4) is 0 Å². The van der Waals surface area contributed by atoms with Crippen molar-refractivity contribution in [2.24, 2.45) is 0 Å². The molecule has 0 radical (unpaired) electrons. The summed E-state index contributed by atoms with van der Waals surface area (Å²) in [4.78, 5) is 18.4. The Morgan fingerprint density at radius 1 is 1.19 bits per heavy atom. The molecule has 8 heteroatoms. The van der Waals surface area contributed by atoms with Gasteiger partial charge in [0.05, 0.1) is 0 Å². The molecule has 1 aliphatic heterocycles. The molecule has 0 spiro atoms. The van der Waals surface area contributed by atoms with Crippen LogP contribution in [0.5, 0.6) is 0 Å². The highest BCUT2D eigenvalue weighted by atomic mass is 32.1. The number of hydrogen-bond acceptors (Lipinski definition) is 5. The SMILES string of the molecule is O=C1C[C@@H](c2cccs2)CC2=C1[C@H](c1cc(F)cc(F)c1)n1ncnc1N2. The van der Waals surface area contributed by atoms with Crippen LogP contribution in [0.25, 0.3) is 0 Å². The number of thiophene rings is 1. The van der Waals surface area contributed by atoms with Gasteiger partial charge in [0.25, 0.3) is 0 Å². The van der Waals surface area contributed by atoms with E-state index in [1.807, 2.05) is 17.5 Å². The summed E-state index contributed by atoms with van der Waals surface area (Å²) < 4.78 is 29.2. The first kappa shape index (κ1) is 16.3. The Kier molecular flexibility index (Phi) is 3.68. The lowest BCUT2D eigenvalue weighted by molar-refractivity contribution is -0.116. The van der Waals surface area contributed by atoms with Crippen molar-refractivity contribution < 1.29 is 13.6 Å². The summed E-state index contributed by atoms with van der Waals surface area (Å²) in [5.41, 5.74) is 1.60. The van der Waals surface area contributed by atoms with Crippen LogP contribution in [0.15, 0.2) is 53.3 Å². The molecule has 5 nitrogen and oxygen atoms in total. The topological polar surface area (TPSA) is 59.8 Å². The third kappa shape index (κ3) is 2.68. The maximum Gasteiger partial charge on any atom is 0.226 e. The smallest absolute Gasteiger partial charge is 0.226 e. The predicted octanol–water partition coefficient (Wildman–Crippen LogP) is 4.03. The van der Waals surface area contributed by atoms with Gasteiger partial charge in [0.15, 0.2) is 5.78 Å². The molecule has 2 aromatic heterocycles. The van der Waals surface area contributed by atoms with E-state index in [4.69, 9.17) is 0 Å². The first-order valence-corrected chi connectivity index (χ1v) is 9.40. The summed E-state index contributed by atoms with van der Waals surface area (Å²) in [6.07, 6.45) is 2.37. The highest BCUT2D eigenvalue weighted by Gasteiger charge is 2.39. The number of allylic oxidation sites excluding steroid dienone is 2. The zero-order valence-corrected chi connectivity index (χ0v) is 14.8. The maximum absolute atomic E-state index is 13.9. The van der Waals surface area contributed by atoms with E-state index in [0.717, 1.165) is 16.6 Å². The monoisotopic (exact) mass is 384 g/mol. The van der Waals surface area contributed by atoms with Crippen LogP contribution in [0.2, 0.25) is 0 Å². The number of carbonyl (C=O) groups is 1. The summed E-state index contributed by atoms with van der Waals surface area (Å²) in [5, 5.41) is 9.37. The molecule has 136 valence electrons. The molecular formula is C19H14F2N4OS. The number of hydrogen-bond donors (Lipinski definition) is 1. The third-order valence-electron chi connectivity index (χ3n) is 5.01. The van der Waals surface area contributed by atoms with Crippen LogP contribution in [0.1, 0.15) is 35.2 Å². The molecule has 1 aliphatic carbocycles. The van der Waals surface area contributed by atoms with Crippen LogP contribution < -0.4 is 5.32 Å². The zero-order valence-electron chi connectivity index (χ0n) is 14.0. The number of Topliss-reactive ketones (excluding diaryl/α,β-unsaturated/α-hetero) is 1. The van der Waals surface area contributed by atoms with E-state index in [2.05, 4.69) is 15.4 Å². The fraction of sp³-hybridized carbons (Fsp3) is 0.211. The number of rotatable bonds is 2. The van der Waals surface area contributed by atoms with E-state index < -0.39 is 17.7 Å². The molecule has 5 rings (SSSR count). The number of aromatic nitrogens is 3. The van der Waals surface area contributed by atoms with E-state index in [9.17, 15) is 13.6 Å². The molecule has 0 fully saturated rings. The normalized spacial score (nSPS) is 21.6. The third-order valence-corrected chi connectivity index (χ3v) is 6.04. The lowest BCUT2D eigenvalue weighted by atomic mass is 9.80. The van der Waals surface area contributed by atoms with Gasteiger partial charge < -0.3 is 5.32 Å². The van der Waals surface area contributed by atoms with Gasteiger partial charge in [-0.3, -0.25) is 4.79 Å². The van der Waals surface area contributed by atoms with Gasteiger partial charge in [0.2, 0.25) is 5.95 Å². The van der Waals surface area contributed by atoms with E-state index in [1.165, 1.54) is 23.1 Å². The average Bonchev–Trinajstić information content (AvgIpc) is 3.30. The maximum atomic E-state index is 13.9. The number of nitrogens with one attached hydrogen (secondary N) is 1. The molecule has 3 heterocycles. The summed E-state index contributed by atoms with van der Waals surface area (Å²) in [5.74, 6) is -0.872. The minimum atomic E-state index is -0.694. The Labute approximate surface area is 157 Å². The molecule has 2 atom stereocenters. The summed E-state index contributed by atoms with van der Waals surface area (Å²) in [7, 11) is 0. The van der Waals surface area contributed by atoms with Crippen molar-refractivity contribution in [1.29, 1.82) is 0 Å². The minimum absolute atomic E-state index is 0.0435. The van der Waals surface area contributed by atoms with E-state index in [1.54, 1.807) is 11.3 Å². The Hall–Kier alpha value is -2.87. The van der Waals surface area contributed by atoms with E-state index >= 15 is 0 Å². The van der Waals surface area contributed by atoms with Crippen molar-refractivity contribution in [2.75, 3.05) is 5.32 Å². The number of fused-ring (bicyclic) bond motifs is 1. The van der Waals surface area contributed by atoms with Crippen LogP contribution in [0, 0.1) is 11.6 Å². The zero-order chi connectivity index (χ0) is 18.5. The molecular weight excluding hydrogens is 370 g/mol. The van der Waals surface area contributed by atoms with Crippen LogP contribution >= 0.6 is 11.3 Å². The molecule has 1 aromatic carbocycles. The second-order valence-corrected chi connectivity index (χ2v) is 7.67. The molecule has 0 saturated carbocycles. The van der Waals surface area contributed by atoms with Crippen LogP contribution in [-0.4, -0.2) is 20.5 Å². The fourth-order valence-electron chi connectivity index (χ4n) is 3.92. The Balaban J connectivity index is 1.64. The summed E-state index contributed by atoms with van der Waals surface area (Å²) in [6, 6.07) is 6.61. The predicted molar refractivity (Wildman–Crippen MR) is 96.5 cm³/mol. The highest BCUT2D eigenvalue weighted by Crippen LogP contribution is 2.44. The van der Waals surface area contributed by atoms with Crippen molar-refractivity contribution in [2.45, 2.75) is 24.8 Å². The Morgan fingerprint density at radius 2 is 2.00 bits per heavy atom. The van der Waals surface area contributed by atoms with Crippen molar-refractivity contribution in [3.63, 3.8) is 0 Å². The van der Waals surface area contributed by atoms with Gasteiger partial charge in [-0.2, -0.15) is 10.1 Å². The number of carbonyl (C=O) groups excluding carboxylic acids is 1. The van der Waals surface area contributed by atoms with Crippen molar-refractivity contribution in [3.8, 4) is 0 Å². The molecule has 0 bridgehead atoms. The molecule has 0 unspecified atom stereocenters. The quantitative estimate of drug-likeness (QED) is 0.725. The highest BCUT2D eigenvalue weighted by molar-refractivity contribution is 7.10. The molecule has 3 aromatic rings. The molecule has 2 aliphatic rings. The summed E-state index contributed by atoms with van der Waals surface area (Å²) >= 11 is 1.62. The van der Waals surface area contributed by atoms with Gasteiger partial charge >= 0.3 is 0 Å².